The van der Waals surface area contributed by atoms with Gasteiger partial charge < -0.3 is 14.2 Å². The maximum Gasteiger partial charge on any atom is 0.302 e. The molecule has 4 aliphatic rings. The molecule has 4 saturated carbocycles. The third-order valence-corrected chi connectivity index (χ3v) is 9.07. The SMILES string of the molecule is CC(=O)O[C@H]1C[C@H]2[C@@H]3C[C@H](OC(C)=O)[C@H]4CC(=O)CC[C@]4(C)[C@H]3[C@H](OC(C)=O)C[C@]2(C)C1. The number of carbonyl (C=O) groups excluding carboxylic acids is 4. The molecule has 7 nitrogen and oxygen atoms in total. The molecule has 0 aliphatic heterocycles. The highest BCUT2D eigenvalue weighted by Crippen LogP contribution is 2.67. The van der Waals surface area contributed by atoms with Crippen LogP contribution in [0.5, 0.6) is 0 Å². The molecule has 0 radical (unpaired) electrons. The summed E-state index contributed by atoms with van der Waals surface area (Å²) in [6.07, 6.45) is 3.80. The van der Waals surface area contributed by atoms with Gasteiger partial charge in [0.05, 0.1) is 0 Å². The molecule has 0 saturated heterocycles. The van der Waals surface area contributed by atoms with Crippen LogP contribution in [0.4, 0.5) is 0 Å². The zero-order chi connectivity index (χ0) is 23.4. The van der Waals surface area contributed by atoms with Gasteiger partial charge in [0.2, 0.25) is 0 Å². The van der Waals surface area contributed by atoms with Crippen LogP contribution < -0.4 is 0 Å². The van der Waals surface area contributed by atoms with Gasteiger partial charge in [-0.2, -0.15) is 0 Å². The topological polar surface area (TPSA) is 96.0 Å². The van der Waals surface area contributed by atoms with Crippen LogP contribution in [-0.4, -0.2) is 42.0 Å². The highest BCUT2D eigenvalue weighted by Gasteiger charge is 2.66. The molecule has 0 spiro atoms. The highest BCUT2D eigenvalue weighted by molar-refractivity contribution is 5.80. The molecule has 0 aromatic carbocycles. The van der Waals surface area contributed by atoms with Gasteiger partial charge in [-0.3, -0.25) is 19.2 Å². The molecule has 4 fully saturated rings. The van der Waals surface area contributed by atoms with Crippen LogP contribution in [0.25, 0.3) is 0 Å². The van der Waals surface area contributed by atoms with Crippen molar-refractivity contribution in [2.24, 2.45) is 34.5 Å². The minimum atomic E-state index is -0.326. The molecule has 4 rings (SSSR count). The van der Waals surface area contributed by atoms with Gasteiger partial charge in [-0.15, -0.1) is 0 Å². The lowest BCUT2D eigenvalue weighted by atomic mass is 9.44. The van der Waals surface area contributed by atoms with E-state index in [9.17, 15) is 19.2 Å². The summed E-state index contributed by atoms with van der Waals surface area (Å²) in [4.78, 5) is 48.2. The Morgan fingerprint density at radius 2 is 1.47 bits per heavy atom. The Morgan fingerprint density at radius 1 is 0.844 bits per heavy atom. The van der Waals surface area contributed by atoms with Gasteiger partial charge in [-0.05, 0) is 54.8 Å². The van der Waals surface area contributed by atoms with Crippen LogP contribution in [0.2, 0.25) is 0 Å². The molecule has 9 atom stereocenters. The second-order valence-electron chi connectivity index (χ2n) is 11.2. The van der Waals surface area contributed by atoms with Crippen molar-refractivity contribution in [2.45, 2.75) is 97.9 Å². The van der Waals surface area contributed by atoms with Crippen LogP contribution in [-0.2, 0) is 33.4 Å². The summed E-state index contributed by atoms with van der Waals surface area (Å²) >= 11 is 0. The van der Waals surface area contributed by atoms with Crippen molar-refractivity contribution in [1.82, 2.24) is 0 Å². The van der Waals surface area contributed by atoms with E-state index >= 15 is 0 Å². The Bertz CT molecular complexity index is 821. The second-order valence-corrected chi connectivity index (χ2v) is 11.2. The number of fused-ring (bicyclic) bond motifs is 5. The Balaban J connectivity index is 1.75. The third kappa shape index (κ3) is 3.96. The Hall–Kier alpha value is -1.92. The number of Topliss-reactive ketones (excluding diaryl/α,β-unsaturated/α-hetero) is 1. The second kappa shape index (κ2) is 8.14. The lowest BCUT2D eigenvalue weighted by Gasteiger charge is -2.62. The molecule has 0 aromatic heterocycles. The molecule has 0 unspecified atom stereocenters. The number of esters is 3. The number of hydrogen-bond donors (Lipinski definition) is 0. The quantitative estimate of drug-likeness (QED) is 0.481. The van der Waals surface area contributed by atoms with Crippen LogP contribution in [0, 0.1) is 34.5 Å². The zero-order valence-corrected chi connectivity index (χ0v) is 19.8. The van der Waals surface area contributed by atoms with Crippen LogP contribution in [0.3, 0.4) is 0 Å². The molecular weight excluding hydrogens is 412 g/mol. The average Bonchev–Trinajstić information content (AvgIpc) is 2.96. The first-order chi connectivity index (χ1) is 14.9. The Labute approximate surface area is 189 Å². The van der Waals surface area contributed by atoms with E-state index in [-0.39, 0.29) is 76.5 Å². The van der Waals surface area contributed by atoms with Crippen molar-refractivity contribution in [1.29, 1.82) is 0 Å². The normalized spacial score (nSPS) is 45.2. The standard InChI is InChI=1S/C25H36O7/c1-13(26)30-17-9-19-18-10-21(31-14(2)27)20-8-16(29)6-7-25(20,5)23(18)22(32-15(3)28)12-24(19,4)11-17/h17-23H,6-12H2,1-5H3/t17-,18-,19-,20+,21-,22+,23+,24-,25-/m0/s1. The van der Waals surface area contributed by atoms with Gasteiger partial charge in [-0.1, -0.05) is 13.8 Å². The van der Waals surface area contributed by atoms with E-state index < -0.39 is 0 Å². The van der Waals surface area contributed by atoms with Crippen molar-refractivity contribution in [3.63, 3.8) is 0 Å². The zero-order valence-electron chi connectivity index (χ0n) is 19.8. The van der Waals surface area contributed by atoms with Crippen molar-refractivity contribution in [3.8, 4) is 0 Å². The molecule has 0 aromatic rings. The van der Waals surface area contributed by atoms with Crippen LogP contribution >= 0.6 is 0 Å². The summed E-state index contributed by atoms with van der Waals surface area (Å²) in [6, 6.07) is 0. The summed E-state index contributed by atoms with van der Waals surface area (Å²) in [6.45, 7) is 8.74. The summed E-state index contributed by atoms with van der Waals surface area (Å²) in [5.74, 6) is -0.220. The number of carbonyl (C=O) groups is 4. The number of ether oxygens (including phenoxy) is 3. The van der Waals surface area contributed by atoms with Gasteiger partial charge >= 0.3 is 17.9 Å². The van der Waals surface area contributed by atoms with Crippen molar-refractivity contribution < 1.29 is 33.4 Å². The lowest BCUT2D eigenvalue weighted by Crippen LogP contribution is -2.62. The molecule has 7 heteroatoms. The summed E-state index contributed by atoms with van der Waals surface area (Å²) in [7, 11) is 0. The fourth-order valence-electron chi connectivity index (χ4n) is 8.16. The smallest absolute Gasteiger partial charge is 0.302 e. The lowest BCUT2D eigenvalue weighted by molar-refractivity contribution is -0.214. The summed E-state index contributed by atoms with van der Waals surface area (Å²) in [5, 5.41) is 0. The first-order valence-corrected chi connectivity index (χ1v) is 12.0. The van der Waals surface area contributed by atoms with Gasteiger partial charge in [-0.25, -0.2) is 0 Å². The first kappa shape index (κ1) is 23.2. The van der Waals surface area contributed by atoms with Crippen molar-refractivity contribution >= 4 is 23.7 Å². The molecule has 0 amide bonds. The minimum Gasteiger partial charge on any atom is -0.463 e. The first-order valence-electron chi connectivity index (χ1n) is 12.0. The number of ketones is 1. The fraction of sp³-hybridized carbons (Fsp3) is 0.840. The maximum absolute atomic E-state index is 12.4. The minimum absolute atomic E-state index is 0.0676. The number of rotatable bonds is 3. The van der Waals surface area contributed by atoms with Crippen molar-refractivity contribution in [2.75, 3.05) is 0 Å². The number of hydrogen-bond acceptors (Lipinski definition) is 7. The fourth-order valence-corrected chi connectivity index (χ4v) is 8.16. The van der Waals surface area contributed by atoms with E-state index in [0.717, 1.165) is 19.3 Å². The molecule has 178 valence electrons. The molecule has 4 aliphatic carbocycles. The molecule has 32 heavy (non-hydrogen) atoms. The van der Waals surface area contributed by atoms with Crippen molar-refractivity contribution in [3.05, 3.63) is 0 Å². The van der Waals surface area contributed by atoms with Gasteiger partial charge in [0, 0.05) is 45.4 Å². The predicted octanol–water partition coefficient (Wildman–Crippen LogP) is 3.61. The van der Waals surface area contributed by atoms with Gasteiger partial charge in [0.1, 0.15) is 24.1 Å². The summed E-state index contributed by atoms with van der Waals surface area (Å²) in [5.41, 5.74) is -0.395. The largest absolute Gasteiger partial charge is 0.463 e. The highest BCUT2D eigenvalue weighted by atomic mass is 16.6. The van der Waals surface area contributed by atoms with Crippen LogP contribution in [0.15, 0.2) is 0 Å². The van der Waals surface area contributed by atoms with E-state index in [1.807, 2.05) is 0 Å². The van der Waals surface area contributed by atoms with E-state index in [0.29, 0.717) is 25.7 Å². The Morgan fingerprint density at radius 3 is 2.09 bits per heavy atom. The van der Waals surface area contributed by atoms with E-state index in [4.69, 9.17) is 14.2 Å². The third-order valence-electron chi connectivity index (χ3n) is 9.07. The monoisotopic (exact) mass is 448 g/mol. The van der Waals surface area contributed by atoms with E-state index in [1.54, 1.807) is 0 Å². The maximum atomic E-state index is 12.4. The predicted molar refractivity (Wildman–Crippen MR) is 114 cm³/mol. The Kier molecular flexibility index (Phi) is 5.91. The molecule has 0 heterocycles. The van der Waals surface area contributed by atoms with Gasteiger partial charge in [0.25, 0.3) is 0 Å². The summed E-state index contributed by atoms with van der Waals surface area (Å²) < 4.78 is 17.4. The van der Waals surface area contributed by atoms with E-state index in [2.05, 4.69) is 13.8 Å². The molecular formula is C25H36O7. The molecule has 0 bridgehead atoms. The van der Waals surface area contributed by atoms with Crippen LogP contribution in [0.1, 0.15) is 79.6 Å². The average molecular weight is 449 g/mol. The molecule has 0 N–H and O–H groups in total. The van der Waals surface area contributed by atoms with Gasteiger partial charge in [0.15, 0.2) is 0 Å². The van der Waals surface area contributed by atoms with E-state index in [1.165, 1.54) is 20.8 Å².